The summed E-state index contributed by atoms with van der Waals surface area (Å²) in [5.41, 5.74) is -0.193. The van der Waals surface area contributed by atoms with Crippen molar-refractivity contribution in [3.63, 3.8) is 0 Å². The van der Waals surface area contributed by atoms with Crippen LogP contribution >= 0.6 is 0 Å². The minimum absolute atomic E-state index is 0.193. The van der Waals surface area contributed by atoms with Gasteiger partial charge < -0.3 is 0 Å². The van der Waals surface area contributed by atoms with E-state index in [1.54, 1.807) is 0 Å². The van der Waals surface area contributed by atoms with Gasteiger partial charge >= 0.3 is 0 Å². The fraction of sp³-hybridized carbons (Fsp3) is 0.875. The predicted octanol–water partition coefficient (Wildman–Crippen LogP) is 2.35. The quantitative estimate of drug-likeness (QED) is 0.343. The van der Waals surface area contributed by atoms with E-state index in [0.717, 1.165) is 12.8 Å². The van der Waals surface area contributed by atoms with Gasteiger partial charge in [-0.15, -0.1) is 0 Å². The van der Waals surface area contributed by atoms with E-state index in [1.165, 1.54) is 0 Å². The Morgan fingerprint density at radius 1 is 1.30 bits per heavy atom. The van der Waals surface area contributed by atoms with Gasteiger partial charge in [0.1, 0.15) is 0 Å². The molecule has 0 heterocycles. The first-order chi connectivity index (χ1) is 4.56. The molecule has 0 aromatic rings. The predicted molar refractivity (Wildman–Crippen MR) is 41.4 cm³/mol. The summed E-state index contributed by atoms with van der Waals surface area (Å²) in [7, 11) is 0. The molecule has 0 saturated carbocycles. The van der Waals surface area contributed by atoms with E-state index in [0.29, 0.717) is 6.61 Å². The molecular formula is C8H17O2. The SMILES string of the molecule is [CH2]CCCOOC(C)(C)C. The van der Waals surface area contributed by atoms with Gasteiger partial charge in [-0.3, -0.25) is 0 Å². The Bertz CT molecular complexity index is 73.8. The van der Waals surface area contributed by atoms with Crippen molar-refractivity contribution in [2.24, 2.45) is 0 Å². The van der Waals surface area contributed by atoms with Gasteiger partial charge in [0.05, 0.1) is 12.2 Å². The lowest BCUT2D eigenvalue weighted by molar-refractivity contribution is -0.348. The topological polar surface area (TPSA) is 18.5 Å². The lowest BCUT2D eigenvalue weighted by Gasteiger charge is -2.17. The van der Waals surface area contributed by atoms with E-state index in [2.05, 4.69) is 6.92 Å². The van der Waals surface area contributed by atoms with Crippen molar-refractivity contribution in [2.75, 3.05) is 6.61 Å². The van der Waals surface area contributed by atoms with Crippen LogP contribution in [-0.2, 0) is 9.78 Å². The third kappa shape index (κ3) is 7.92. The third-order valence-corrected chi connectivity index (χ3v) is 0.787. The Kier molecular flexibility index (Phi) is 4.65. The molecule has 0 fully saturated rings. The van der Waals surface area contributed by atoms with Crippen molar-refractivity contribution in [1.82, 2.24) is 0 Å². The Labute approximate surface area is 63.5 Å². The van der Waals surface area contributed by atoms with Crippen molar-refractivity contribution in [2.45, 2.75) is 39.2 Å². The summed E-state index contributed by atoms with van der Waals surface area (Å²) < 4.78 is 0. The van der Waals surface area contributed by atoms with Crippen LogP contribution in [0, 0.1) is 6.92 Å². The largest absolute Gasteiger partial charge is 0.236 e. The third-order valence-electron chi connectivity index (χ3n) is 0.787. The molecule has 0 N–H and O–H groups in total. The highest BCUT2D eigenvalue weighted by atomic mass is 17.2. The van der Waals surface area contributed by atoms with Gasteiger partial charge in [-0.05, 0) is 27.2 Å². The molecule has 0 bridgehead atoms. The van der Waals surface area contributed by atoms with Crippen LogP contribution in [0.4, 0.5) is 0 Å². The van der Waals surface area contributed by atoms with Crippen LogP contribution in [0.1, 0.15) is 33.6 Å². The normalized spacial score (nSPS) is 12.0. The highest BCUT2D eigenvalue weighted by molar-refractivity contribution is 4.54. The van der Waals surface area contributed by atoms with Crippen molar-refractivity contribution < 1.29 is 9.78 Å². The Balaban J connectivity index is 3.04. The molecule has 10 heavy (non-hydrogen) atoms. The number of rotatable bonds is 4. The van der Waals surface area contributed by atoms with E-state index in [1.807, 2.05) is 20.8 Å². The Hall–Kier alpha value is -0.0800. The highest BCUT2D eigenvalue weighted by Crippen LogP contribution is 2.06. The van der Waals surface area contributed by atoms with Gasteiger partial charge in [-0.25, -0.2) is 9.78 Å². The molecular weight excluding hydrogens is 128 g/mol. The van der Waals surface area contributed by atoms with Crippen LogP contribution in [-0.4, -0.2) is 12.2 Å². The molecule has 0 atom stereocenters. The summed E-state index contributed by atoms with van der Waals surface area (Å²) in [5.74, 6) is 0. The first-order valence-corrected chi connectivity index (χ1v) is 3.66. The molecule has 0 amide bonds. The molecule has 0 aliphatic heterocycles. The fourth-order valence-electron chi connectivity index (χ4n) is 0.379. The molecule has 0 aromatic carbocycles. The summed E-state index contributed by atoms with van der Waals surface area (Å²) >= 11 is 0. The molecule has 0 aliphatic rings. The van der Waals surface area contributed by atoms with Crippen LogP contribution in [0.5, 0.6) is 0 Å². The summed E-state index contributed by atoms with van der Waals surface area (Å²) in [6.45, 7) is 10.2. The maximum Gasteiger partial charge on any atom is 0.0952 e. The highest BCUT2D eigenvalue weighted by Gasteiger charge is 2.10. The Morgan fingerprint density at radius 2 is 1.90 bits per heavy atom. The summed E-state index contributed by atoms with van der Waals surface area (Å²) in [5, 5.41) is 0. The zero-order valence-corrected chi connectivity index (χ0v) is 7.14. The average molecular weight is 145 g/mol. The maximum atomic E-state index is 5.00. The van der Waals surface area contributed by atoms with Crippen molar-refractivity contribution >= 4 is 0 Å². The molecule has 0 unspecified atom stereocenters. The Morgan fingerprint density at radius 3 is 2.30 bits per heavy atom. The molecule has 61 valence electrons. The molecule has 1 radical (unpaired) electrons. The average Bonchev–Trinajstić information content (AvgIpc) is 1.78. The first-order valence-electron chi connectivity index (χ1n) is 3.66. The van der Waals surface area contributed by atoms with Crippen LogP contribution in [0.25, 0.3) is 0 Å². The van der Waals surface area contributed by atoms with Crippen molar-refractivity contribution in [1.29, 1.82) is 0 Å². The van der Waals surface area contributed by atoms with Gasteiger partial charge in [-0.1, -0.05) is 13.3 Å². The zero-order valence-electron chi connectivity index (χ0n) is 7.14. The molecule has 2 nitrogen and oxygen atoms in total. The van der Waals surface area contributed by atoms with Gasteiger partial charge in [0.25, 0.3) is 0 Å². The molecule has 0 aliphatic carbocycles. The first kappa shape index (κ1) is 9.92. The summed E-state index contributed by atoms with van der Waals surface area (Å²) in [4.78, 5) is 9.90. The van der Waals surface area contributed by atoms with E-state index in [-0.39, 0.29) is 5.60 Å². The van der Waals surface area contributed by atoms with E-state index in [9.17, 15) is 0 Å². The summed E-state index contributed by atoms with van der Waals surface area (Å²) in [6, 6.07) is 0. The van der Waals surface area contributed by atoms with Crippen LogP contribution in [0.3, 0.4) is 0 Å². The number of hydrogen-bond acceptors (Lipinski definition) is 2. The smallest absolute Gasteiger partial charge is 0.0952 e. The minimum atomic E-state index is -0.193. The molecule has 0 spiro atoms. The van der Waals surface area contributed by atoms with Crippen molar-refractivity contribution in [3.8, 4) is 0 Å². The molecule has 0 rings (SSSR count). The van der Waals surface area contributed by atoms with Crippen LogP contribution in [0.15, 0.2) is 0 Å². The second-order valence-corrected chi connectivity index (χ2v) is 3.22. The second-order valence-electron chi connectivity index (χ2n) is 3.22. The van der Waals surface area contributed by atoms with E-state index in [4.69, 9.17) is 9.78 Å². The van der Waals surface area contributed by atoms with Crippen molar-refractivity contribution in [3.05, 3.63) is 6.92 Å². The molecule has 2 heteroatoms. The number of hydrogen-bond donors (Lipinski definition) is 0. The van der Waals surface area contributed by atoms with Gasteiger partial charge in [-0.2, -0.15) is 0 Å². The lowest BCUT2D eigenvalue weighted by atomic mass is 10.2. The lowest BCUT2D eigenvalue weighted by Crippen LogP contribution is -2.19. The monoisotopic (exact) mass is 145 g/mol. The second kappa shape index (κ2) is 4.69. The van der Waals surface area contributed by atoms with Gasteiger partial charge in [0.2, 0.25) is 0 Å². The van der Waals surface area contributed by atoms with E-state index >= 15 is 0 Å². The standard InChI is InChI=1S/C8H17O2/c1-5-6-7-9-10-8(2,3)4/h1,5-7H2,2-4H3. The molecule has 0 aromatic heterocycles. The molecule has 0 saturated heterocycles. The van der Waals surface area contributed by atoms with E-state index < -0.39 is 0 Å². The summed E-state index contributed by atoms with van der Waals surface area (Å²) in [6.07, 6.45) is 1.85. The maximum absolute atomic E-state index is 5.00. The van der Waals surface area contributed by atoms with Crippen LogP contribution in [0.2, 0.25) is 0 Å². The number of unbranched alkanes of at least 4 members (excludes halogenated alkanes) is 1. The zero-order chi connectivity index (χ0) is 8.04. The van der Waals surface area contributed by atoms with Gasteiger partial charge in [0.15, 0.2) is 0 Å². The van der Waals surface area contributed by atoms with Crippen LogP contribution < -0.4 is 0 Å². The fourth-order valence-corrected chi connectivity index (χ4v) is 0.379. The minimum Gasteiger partial charge on any atom is -0.236 e. The van der Waals surface area contributed by atoms with Gasteiger partial charge in [0, 0.05) is 0 Å².